The summed E-state index contributed by atoms with van der Waals surface area (Å²) in [6, 6.07) is 0.978. The Hall–Kier alpha value is -0.610. The van der Waals surface area contributed by atoms with Crippen LogP contribution in [0.5, 0.6) is 0 Å². The smallest absolute Gasteiger partial charge is 0.308 e. The number of carbonyl (C=O) groups is 1. The highest BCUT2D eigenvalue weighted by molar-refractivity contribution is 5.71. The zero-order chi connectivity index (χ0) is 12.4. The van der Waals surface area contributed by atoms with Crippen molar-refractivity contribution in [1.82, 2.24) is 9.80 Å². The van der Waals surface area contributed by atoms with E-state index in [4.69, 9.17) is 0 Å². The molecule has 17 heavy (non-hydrogen) atoms. The topological polar surface area (TPSA) is 43.8 Å². The van der Waals surface area contributed by atoms with Crippen LogP contribution in [0, 0.1) is 5.92 Å². The summed E-state index contributed by atoms with van der Waals surface area (Å²) in [5, 5.41) is 9.22. The van der Waals surface area contributed by atoms with Crippen molar-refractivity contribution in [3.8, 4) is 0 Å². The Labute approximate surface area is 104 Å². The summed E-state index contributed by atoms with van der Waals surface area (Å²) in [7, 11) is 4.27. The van der Waals surface area contributed by atoms with E-state index in [0.717, 1.165) is 32.4 Å². The van der Waals surface area contributed by atoms with Crippen molar-refractivity contribution >= 4 is 5.97 Å². The fourth-order valence-electron chi connectivity index (χ4n) is 3.40. The molecule has 1 N–H and O–H groups in total. The van der Waals surface area contributed by atoms with Crippen molar-refractivity contribution in [2.45, 2.75) is 44.2 Å². The maximum atomic E-state index is 11.2. The van der Waals surface area contributed by atoms with Crippen LogP contribution in [0.1, 0.15) is 32.1 Å². The number of aliphatic carboxylic acids is 1. The van der Waals surface area contributed by atoms with Gasteiger partial charge in [0, 0.05) is 12.1 Å². The Balaban J connectivity index is 1.90. The first kappa shape index (κ1) is 12.8. The molecule has 2 rings (SSSR count). The van der Waals surface area contributed by atoms with E-state index >= 15 is 0 Å². The molecule has 0 spiro atoms. The van der Waals surface area contributed by atoms with Crippen LogP contribution in [-0.2, 0) is 4.79 Å². The minimum atomic E-state index is -0.595. The Bertz CT molecular complexity index is 273. The average molecular weight is 240 g/mol. The van der Waals surface area contributed by atoms with Gasteiger partial charge >= 0.3 is 5.97 Å². The molecule has 0 radical (unpaired) electrons. The number of hydrogen-bond acceptors (Lipinski definition) is 3. The maximum Gasteiger partial charge on any atom is 0.308 e. The quantitative estimate of drug-likeness (QED) is 0.806. The maximum absolute atomic E-state index is 11.2. The van der Waals surface area contributed by atoms with Crippen molar-refractivity contribution < 1.29 is 9.90 Å². The van der Waals surface area contributed by atoms with Gasteiger partial charge in [-0.15, -0.1) is 0 Å². The standard InChI is InChI=1S/C13H24N2O2/c1-14(2)10-6-8-15(9-7-10)12-5-3-4-11(12)13(16)17/h10-12H,3-9H2,1-2H3,(H,16,17). The lowest BCUT2D eigenvalue weighted by atomic mass is 9.97. The molecule has 1 saturated heterocycles. The van der Waals surface area contributed by atoms with Gasteiger partial charge in [-0.25, -0.2) is 0 Å². The van der Waals surface area contributed by atoms with E-state index in [1.807, 2.05) is 0 Å². The predicted octanol–water partition coefficient (Wildman–Crippen LogP) is 1.27. The number of nitrogens with zero attached hydrogens (tertiary/aromatic N) is 2. The molecule has 2 atom stereocenters. The van der Waals surface area contributed by atoms with E-state index in [9.17, 15) is 9.90 Å². The summed E-state index contributed by atoms with van der Waals surface area (Å²) in [6.07, 6.45) is 5.37. The Morgan fingerprint density at radius 3 is 2.35 bits per heavy atom. The first-order chi connectivity index (χ1) is 8.09. The van der Waals surface area contributed by atoms with Crippen LogP contribution in [0.4, 0.5) is 0 Å². The molecule has 0 amide bonds. The van der Waals surface area contributed by atoms with Gasteiger partial charge in [-0.3, -0.25) is 9.69 Å². The summed E-state index contributed by atoms with van der Waals surface area (Å²) in [4.78, 5) is 15.9. The molecule has 0 aromatic rings. The highest BCUT2D eigenvalue weighted by Crippen LogP contribution is 2.32. The molecule has 2 fully saturated rings. The predicted molar refractivity (Wildman–Crippen MR) is 67.0 cm³/mol. The molecule has 2 aliphatic rings. The molecule has 1 aliphatic carbocycles. The van der Waals surface area contributed by atoms with Gasteiger partial charge in [0.25, 0.3) is 0 Å². The molecule has 98 valence electrons. The first-order valence-corrected chi connectivity index (χ1v) is 6.73. The minimum Gasteiger partial charge on any atom is -0.481 e. The van der Waals surface area contributed by atoms with Crippen LogP contribution in [-0.4, -0.2) is 60.1 Å². The average Bonchev–Trinajstić information content (AvgIpc) is 2.78. The normalized spacial score (nSPS) is 32.2. The lowest BCUT2D eigenvalue weighted by molar-refractivity contribution is -0.143. The van der Waals surface area contributed by atoms with E-state index in [1.165, 1.54) is 12.8 Å². The van der Waals surface area contributed by atoms with Gasteiger partial charge in [-0.1, -0.05) is 6.42 Å². The number of piperidine rings is 1. The van der Waals surface area contributed by atoms with Crippen molar-refractivity contribution in [2.24, 2.45) is 5.92 Å². The highest BCUT2D eigenvalue weighted by atomic mass is 16.4. The molecular weight excluding hydrogens is 216 g/mol. The number of likely N-dealkylation sites (tertiary alicyclic amines) is 1. The molecule has 0 aromatic heterocycles. The molecule has 0 bridgehead atoms. The van der Waals surface area contributed by atoms with Crippen LogP contribution < -0.4 is 0 Å². The van der Waals surface area contributed by atoms with E-state index in [0.29, 0.717) is 12.1 Å². The van der Waals surface area contributed by atoms with Gasteiger partial charge in [0.1, 0.15) is 0 Å². The second-order valence-corrected chi connectivity index (χ2v) is 5.67. The lowest BCUT2D eigenvalue weighted by Gasteiger charge is -2.39. The fraction of sp³-hybridized carbons (Fsp3) is 0.923. The fourth-order valence-corrected chi connectivity index (χ4v) is 3.40. The third-order valence-corrected chi connectivity index (χ3v) is 4.50. The van der Waals surface area contributed by atoms with Gasteiger partial charge in [0.15, 0.2) is 0 Å². The number of carboxylic acids is 1. The third-order valence-electron chi connectivity index (χ3n) is 4.50. The summed E-state index contributed by atoms with van der Waals surface area (Å²) >= 11 is 0. The summed E-state index contributed by atoms with van der Waals surface area (Å²) in [5.41, 5.74) is 0. The Morgan fingerprint density at radius 2 is 1.82 bits per heavy atom. The van der Waals surface area contributed by atoms with Crippen molar-refractivity contribution in [3.05, 3.63) is 0 Å². The Morgan fingerprint density at radius 1 is 1.18 bits per heavy atom. The Kier molecular flexibility index (Phi) is 4.05. The number of hydrogen-bond donors (Lipinski definition) is 1. The van der Waals surface area contributed by atoms with Crippen LogP contribution in [0.15, 0.2) is 0 Å². The van der Waals surface area contributed by atoms with Crippen LogP contribution in [0.25, 0.3) is 0 Å². The summed E-state index contributed by atoms with van der Waals surface area (Å²) in [5.74, 6) is -0.715. The second kappa shape index (κ2) is 5.36. The van der Waals surface area contributed by atoms with Gasteiger partial charge in [0.05, 0.1) is 5.92 Å². The molecule has 0 aromatic carbocycles. The van der Waals surface area contributed by atoms with Crippen molar-refractivity contribution in [3.63, 3.8) is 0 Å². The molecule has 1 heterocycles. The molecule has 1 aliphatic heterocycles. The highest BCUT2D eigenvalue weighted by Gasteiger charge is 2.38. The first-order valence-electron chi connectivity index (χ1n) is 6.73. The lowest BCUT2D eigenvalue weighted by Crippen LogP contribution is -2.48. The SMILES string of the molecule is CN(C)C1CCN(C2CCCC2C(=O)O)CC1. The number of rotatable bonds is 3. The summed E-state index contributed by atoms with van der Waals surface area (Å²) < 4.78 is 0. The summed E-state index contributed by atoms with van der Waals surface area (Å²) in [6.45, 7) is 2.13. The largest absolute Gasteiger partial charge is 0.481 e. The van der Waals surface area contributed by atoms with E-state index in [1.54, 1.807) is 0 Å². The van der Waals surface area contributed by atoms with Crippen molar-refractivity contribution in [1.29, 1.82) is 0 Å². The molecule has 2 unspecified atom stereocenters. The van der Waals surface area contributed by atoms with Crippen LogP contribution in [0.2, 0.25) is 0 Å². The zero-order valence-electron chi connectivity index (χ0n) is 10.9. The van der Waals surface area contributed by atoms with E-state index in [2.05, 4.69) is 23.9 Å². The number of carboxylic acid groups (broad SMARTS) is 1. The van der Waals surface area contributed by atoms with E-state index in [-0.39, 0.29) is 5.92 Å². The zero-order valence-corrected chi connectivity index (χ0v) is 10.9. The van der Waals surface area contributed by atoms with Crippen LogP contribution in [0.3, 0.4) is 0 Å². The van der Waals surface area contributed by atoms with Gasteiger partial charge in [-0.2, -0.15) is 0 Å². The third kappa shape index (κ3) is 2.80. The molecule has 4 nitrogen and oxygen atoms in total. The molecule has 4 heteroatoms. The monoisotopic (exact) mass is 240 g/mol. The van der Waals surface area contributed by atoms with E-state index < -0.39 is 5.97 Å². The minimum absolute atomic E-state index is 0.120. The van der Waals surface area contributed by atoms with Gasteiger partial charge in [0.2, 0.25) is 0 Å². The van der Waals surface area contributed by atoms with Gasteiger partial charge in [-0.05, 0) is 52.9 Å². The molecular formula is C13H24N2O2. The van der Waals surface area contributed by atoms with Gasteiger partial charge < -0.3 is 10.0 Å². The molecule has 1 saturated carbocycles. The van der Waals surface area contributed by atoms with Crippen molar-refractivity contribution in [2.75, 3.05) is 27.2 Å². The van der Waals surface area contributed by atoms with Crippen LogP contribution >= 0.6 is 0 Å². The second-order valence-electron chi connectivity index (χ2n) is 5.67.